The lowest BCUT2D eigenvalue weighted by Gasteiger charge is -2.24. The van der Waals surface area contributed by atoms with Gasteiger partial charge in [-0.05, 0) is 30.5 Å². The largest absolute Gasteiger partial charge is 0.342 e. The minimum absolute atomic E-state index is 0.0823. The van der Waals surface area contributed by atoms with E-state index in [1.54, 1.807) is 12.4 Å². The fourth-order valence-corrected chi connectivity index (χ4v) is 2.87. The third-order valence-electron chi connectivity index (χ3n) is 3.97. The number of carbonyl (C=O) groups is 2. The number of hydrogen-bond acceptors (Lipinski definition) is 3. The van der Waals surface area contributed by atoms with Crippen LogP contribution in [0.1, 0.15) is 32.8 Å². The highest BCUT2D eigenvalue weighted by Crippen LogP contribution is 2.22. The quantitative estimate of drug-likeness (QED) is 0.807. The van der Waals surface area contributed by atoms with Crippen molar-refractivity contribution in [3.63, 3.8) is 0 Å². The van der Waals surface area contributed by atoms with Gasteiger partial charge in [0, 0.05) is 45.0 Å². The Bertz CT molecular complexity index is 516. The Morgan fingerprint density at radius 1 is 1.41 bits per heavy atom. The number of aromatic nitrogens is 1. The minimum atomic E-state index is -0.201. The number of nitrogens with zero attached hydrogens (tertiary/aromatic N) is 3. The van der Waals surface area contributed by atoms with E-state index >= 15 is 0 Å². The molecule has 0 aromatic carbocycles. The Labute approximate surface area is 132 Å². The summed E-state index contributed by atoms with van der Waals surface area (Å²) in [5.74, 6) is 0.413. The SMILES string of the molecule is CCN(Cc1ccncc1)C(=O)[C@@H]1CC(=O)N(CC(C)C)C1. The molecule has 2 rings (SSSR count). The summed E-state index contributed by atoms with van der Waals surface area (Å²) in [5, 5.41) is 0. The average molecular weight is 303 g/mol. The minimum Gasteiger partial charge on any atom is -0.342 e. The third kappa shape index (κ3) is 4.06. The molecular weight excluding hydrogens is 278 g/mol. The number of amides is 2. The van der Waals surface area contributed by atoms with E-state index in [1.807, 2.05) is 28.9 Å². The maximum atomic E-state index is 12.7. The maximum Gasteiger partial charge on any atom is 0.228 e. The maximum absolute atomic E-state index is 12.7. The van der Waals surface area contributed by atoms with Crippen molar-refractivity contribution in [2.24, 2.45) is 11.8 Å². The molecule has 22 heavy (non-hydrogen) atoms. The topological polar surface area (TPSA) is 53.5 Å². The van der Waals surface area contributed by atoms with Crippen molar-refractivity contribution in [2.75, 3.05) is 19.6 Å². The summed E-state index contributed by atoms with van der Waals surface area (Å²) < 4.78 is 0. The van der Waals surface area contributed by atoms with Crippen LogP contribution in [-0.4, -0.2) is 46.2 Å². The van der Waals surface area contributed by atoms with Gasteiger partial charge >= 0.3 is 0 Å². The Morgan fingerprint density at radius 2 is 2.09 bits per heavy atom. The fraction of sp³-hybridized carbons (Fsp3) is 0.588. The molecule has 0 aliphatic carbocycles. The summed E-state index contributed by atoms with van der Waals surface area (Å²) in [4.78, 5) is 32.4. The van der Waals surface area contributed by atoms with Crippen molar-refractivity contribution in [3.05, 3.63) is 30.1 Å². The highest BCUT2D eigenvalue weighted by molar-refractivity contribution is 5.89. The summed E-state index contributed by atoms with van der Waals surface area (Å²) in [5.41, 5.74) is 1.06. The molecule has 0 N–H and O–H groups in total. The van der Waals surface area contributed by atoms with E-state index in [2.05, 4.69) is 18.8 Å². The molecule has 1 aromatic rings. The van der Waals surface area contributed by atoms with Crippen LogP contribution < -0.4 is 0 Å². The number of rotatable bonds is 6. The molecule has 5 nitrogen and oxygen atoms in total. The summed E-state index contributed by atoms with van der Waals surface area (Å²) in [6, 6.07) is 3.83. The van der Waals surface area contributed by atoms with E-state index in [0.29, 0.717) is 32.0 Å². The van der Waals surface area contributed by atoms with Gasteiger partial charge in [0.2, 0.25) is 11.8 Å². The number of hydrogen-bond donors (Lipinski definition) is 0. The van der Waals surface area contributed by atoms with Crippen molar-refractivity contribution in [1.29, 1.82) is 0 Å². The number of likely N-dealkylation sites (tertiary alicyclic amines) is 1. The highest BCUT2D eigenvalue weighted by Gasteiger charge is 2.36. The number of carbonyl (C=O) groups excluding carboxylic acids is 2. The van der Waals surface area contributed by atoms with Crippen molar-refractivity contribution < 1.29 is 9.59 Å². The lowest BCUT2D eigenvalue weighted by molar-refractivity contribution is -0.136. The molecule has 0 unspecified atom stereocenters. The van der Waals surface area contributed by atoms with Crippen molar-refractivity contribution in [3.8, 4) is 0 Å². The second-order valence-electron chi connectivity index (χ2n) is 6.30. The lowest BCUT2D eigenvalue weighted by atomic mass is 10.1. The highest BCUT2D eigenvalue weighted by atomic mass is 16.2. The van der Waals surface area contributed by atoms with Gasteiger partial charge in [-0.3, -0.25) is 14.6 Å². The molecule has 5 heteroatoms. The van der Waals surface area contributed by atoms with E-state index in [0.717, 1.165) is 12.1 Å². The summed E-state index contributed by atoms with van der Waals surface area (Å²) in [6.07, 6.45) is 3.81. The second kappa shape index (κ2) is 7.38. The first-order valence-corrected chi connectivity index (χ1v) is 7.96. The van der Waals surface area contributed by atoms with Gasteiger partial charge in [-0.1, -0.05) is 13.8 Å². The molecule has 2 heterocycles. The first kappa shape index (κ1) is 16.5. The molecule has 1 fully saturated rings. The fourth-order valence-electron chi connectivity index (χ4n) is 2.87. The summed E-state index contributed by atoms with van der Waals surface area (Å²) in [6.45, 7) is 8.67. The van der Waals surface area contributed by atoms with Gasteiger partial charge in [-0.25, -0.2) is 0 Å². The Hall–Kier alpha value is -1.91. The first-order valence-electron chi connectivity index (χ1n) is 7.96. The van der Waals surface area contributed by atoms with Crippen molar-refractivity contribution in [1.82, 2.24) is 14.8 Å². The summed E-state index contributed by atoms with van der Waals surface area (Å²) in [7, 11) is 0. The van der Waals surface area contributed by atoms with Gasteiger partial charge in [0.1, 0.15) is 0 Å². The van der Waals surface area contributed by atoms with Crippen LogP contribution in [0.25, 0.3) is 0 Å². The van der Waals surface area contributed by atoms with Crippen LogP contribution in [-0.2, 0) is 16.1 Å². The van der Waals surface area contributed by atoms with Crippen LogP contribution in [0, 0.1) is 11.8 Å². The molecule has 0 saturated carbocycles. The van der Waals surface area contributed by atoms with Crippen molar-refractivity contribution in [2.45, 2.75) is 33.7 Å². The molecule has 0 bridgehead atoms. The average Bonchev–Trinajstić information content (AvgIpc) is 2.85. The summed E-state index contributed by atoms with van der Waals surface area (Å²) >= 11 is 0. The predicted octanol–water partition coefficient (Wildman–Crippen LogP) is 1.93. The Kier molecular flexibility index (Phi) is 5.52. The smallest absolute Gasteiger partial charge is 0.228 e. The molecule has 0 radical (unpaired) electrons. The molecule has 2 amide bonds. The van der Waals surface area contributed by atoms with Gasteiger partial charge < -0.3 is 9.80 Å². The third-order valence-corrected chi connectivity index (χ3v) is 3.97. The van der Waals surface area contributed by atoms with E-state index in [4.69, 9.17) is 0 Å². The molecule has 1 aromatic heterocycles. The van der Waals surface area contributed by atoms with E-state index in [-0.39, 0.29) is 17.7 Å². The van der Waals surface area contributed by atoms with Gasteiger partial charge in [-0.15, -0.1) is 0 Å². The molecule has 1 saturated heterocycles. The molecule has 0 spiro atoms. The Balaban J connectivity index is 1.99. The zero-order valence-electron chi connectivity index (χ0n) is 13.7. The van der Waals surface area contributed by atoms with Crippen LogP contribution >= 0.6 is 0 Å². The first-order chi connectivity index (χ1) is 10.5. The Morgan fingerprint density at radius 3 is 2.68 bits per heavy atom. The van der Waals surface area contributed by atoms with E-state index in [9.17, 15) is 9.59 Å². The molecule has 1 aliphatic rings. The van der Waals surface area contributed by atoms with Crippen LogP contribution in [0.2, 0.25) is 0 Å². The molecule has 1 atom stereocenters. The van der Waals surface area contributed by atoms with Gasteiger partial charge in [0.15, 0.2) is 0 Å². The zero-order chi connectivity index (χ0) is 16.1. The normalized spacial score (nSPS) is 18.1. The van der Waals surface area contributed by atoms with E-state index in [1.165, 1.54) is 0 Å². The van der Waals surface area contributed by atoms with Gasteiger partial charge in [-0.2, -0.15) is 0 Å². The molecule has 120 valence electrons. The number of pyridine rings is 1. The monoisotopic (exact) mass is 303 g/mol. The lowest BCUT2D eigenvalue weighted by Crippen LogP contribution is -2.37. The van der Waals surface area contributed by atoms with Crippen LogP contribution in [0.3, 0.4) is 0 Å². The van der Waals surface area contributed by atoms with Gasteiger partial charge in [0.25, 0.3) is 0 Å². The van der Waals surface area contributed by atoms with Crippen LogP contribution in [0.4, 0.5) is 0 Å². The second-order valence-corrected chi connectivity index (χ2v) is 6.30. The van der Waals surface area contributed by atoms with Crippen LogP contribution in [0.15, 0.2) is 24.5 Å². The predicted molar refractivity (Wildman–Crippen MR) is 84.9 cm³/mol. The molecule has 1 aliphatic heterocycles. The van der Waals surface area contributed by atoms with E-state index < -0.39 is 0 Å². The zero-order valence-corrected chi connectivity index (χ0v) is 13.7. The standard InChI is InChI=1S/C17H25N3O2/c1-4-19(11-14-5-7-18-8-6-14)17(22)15-9-16(21)20(12-15)10-13(2)3/h5-8,13,15H,4,9-12H2,1-3H3/t15-/m1/s1. The van der Waals surface area contributed by atoms with Gasteiger partial charge in [0.05, 0.1) is 5.92 Å². The molecular formula is C17H25N3O2. The van der Waals surface area contributed by atoms with Crippen molar-refractivity contribution >= 4 is 11.8 Å². The van der Waals surface area contributed by atoms with Crippen LogP contribution in [0.5, 0.6) is 0 Å².